The second-order valence-electron chi connectivity index (χ2n) is 14.0. The quantitative estimate of drug-likeness (QED) is 0.176. The SMILES string of the molecule is CC1(C)OB(C2=CC(c3ccc4c(c3)Sc3ccccc3N4c3ccccc3)=CC(c3ccc4oc5ccccc5c4c3)C=C2)OC1(C)C. The highest BCUT2D eigenvalue weighted by Gasteiger charge is 2.52. The molecule has 0 radical (unpaired) electrons. The summed E-state index contributed by atoms with van der Waals surface area (Å²) < 4.78 is 19.3. The van der Waals surface area contributed by atoms with E-state index in [1.807, 2.05) is 23.9 Å². The van der Waals surface area contributed by atoms with Crippen LogP contribution in [0.4, 0.5) is 17.1 Å². The third-order valence-corrected chi connectivity index (χ3v) is 11.5. The fourth-order valence-corrected chi connectivity index (χ4v) is 8.09. The minimum Gasteiger partial charge on any atom is -0.456 e. The Morgan fingerprint density at radius 2 is 1.39 bits per heavy atom. The molecule has 6 aromatic rings. The summed E-state index contributed by atoms with van der Waals surface area (Å²) in [5.41, 5.74) is 8.93. The van der Waals surface area contributed by atoms with Gasteiger partial charge >= 0.3 is 7.12 Å². The van der Waals surface area contributed by atoms with Crippen molar-refractivity contribution in [3.8, 4) is 0 Å². The molecule has 0 bridgehead atoms. The zero-order valence-corrected chi connectivity index (χ0v) is 28.8. The zero-order valence-electron chi connectivity index (χ0n) is 28.0. The van der Waals surface area contributed by atoms with Crippen molar-refractivity contribution in [1.29, 1.82) is 0 Å². The average molecular weight is 658 g/mol. The van der Waals surface area contributed by atoms with Gasteiger partial charge in [-0.2, -0.15) is 0 Å². The number of nitrogens with zero attached hydrogens (tertiary/aromatic N) is 1. The van der Waals surface area contributed by atoms with E-state index in [9.17, 15) is 0 Å². The molecule has 0 N–H and O–H groups in total. The van der Waals surface area contributed by atoms with Crippen molar-refractivity contribution >= 4 is 63.5 Å². The summed E-state index contributed by atoms with van der Waals surface area (Å²) in [5, 5.41) is 2.26. The van der Waals surface area contributed by atoms with E-state index in [0.29, 0.717) is 0 Å². The molecule has 5 aromatic carbocycles. The first-order valence-corrected chi connectivity index (χ1v) is 17.7. The van der Waals surface area contributed by atoms with E-state index in [1.165, 1.54) is 26.7 Å². The predicted octanol–water partition coefficient (Wildman–Crippen LogP) is 11.8. The Labute approximate surface area is 291 Å². The van der Waals surface area contributed by atoms with Gasteiger partial charge in [0.05, 0.1) is 22.6 Å². The second-order valence-corrected chi connectivity index (χ2v) is 15.1. The van der Waals surface area contributed by atoms with E-state index in [4.69, 9.17) is 13.7 Å². The monoisotopic (exact) mass is 657 g/mol. The lowest BCUT2D eigenvalue weighted by molar-refractivity contribution is 0.00578. The summed E-state index contributed by atoms with van der Waals surface area (Å²) >= 11 is 1.83. The number of furan rings is 1. The van der Waals surface area contributed by atoms with Crippen molar-refractivity contribution in [2.45, 2.75) is 54.6 Å². The zero-order chi connectivity index (χ0) is 33.3. The van der Waals surface area contributed by atoms with Crippen LogP contribution in [0.3, 0.4) is 0 Å². The molecule has 1 unspecified atom stereocenters. The summed E-state index contributed by atoms with van der Waals surface area (Å²) in [5.74, 6) is 0.0227. The molecule has 9 rings (SSSR count). The van der Waals surface area contributed by atoms with Gasteiger partial charge in [-0.25, -0.2) is 0 Å². The Kier molecular flexibility index (Phi) is 7.06. The average Bonchev–Trinajstić information content (AvgIpc) is 3.47. The normalized spacial score (nSPS) is 19.4. The van der Waals surface area contributed by atoms with Gasteiger partial charge in [0.2, 0.25) is 0 Å². The maximum Gasteiger partial charge on any atom is 0.494 e. The molecule has 6 heteroatoms. The van der Waals surface area contributed by atoms with Crippen LogP contribution >= 0.6 is 11.8 Å². The van der Waals surface area contributed by atoms with Gasteiger partial charge in [0.25, 0.3) is 0 Å². The molecular weight excluding hydrogens is 621 g/mol. The number of fused-ring (bicyclic) bond motifs is 5. The van der Waals surface area contributed by atoms with E-state index in [2.05, 4.69) is 160 Å². The first-order chi connectivity index (χ1) is 23.7. The smallest absolute Gasteiger partial charge is 0.456 e. The van der Waals surface area contributed by atoms with Crippen LogP contribution in [0.2, 0.25) is 0 Å². The lowest BCUT2D eigenvalue weighted by Gasteiger charge is -2.33. The van der Waals surface area contributed by atoms with Crippen LogP contribution in [0.1, 0.15) is 44.7 Å². The maximum atomic E-state index is 6.58. The van der Waals surface area contributed by atoms with Gasteiger partial charge in [0, 0.05) is 32.2 Å². The predicted molar refractivity (Wildman–Crippen MR) is 203 cm³/mol. The first kappa shape index (κ1) is 30.3. The van der Waals surface area contributed by atoms with Crippen LogP contribution in [0.5, 0.6) is 0 Å². The molecule has 1 aliphatic carbocycles. The lowest BCUT2D eigenvalue weighted by Crippen LogP contribution is -2.41. The molecule has 3 aliphatic rings. The van der Waals surface area contributed by atoms with Crippen LogP contribution in [-0.2, 0) is 9.31 Å². The van der Waals surface area contributed by atoms with E-state index in [0.717, 1.165) is 44.2 Å². The molecule has 3 heterocycles. The highest BCUT2D eigenvalue weighted by atomic mass is 32.2. The van der Waals surface area contributed by atoms with Gasteiger partial charge in [0.15, 0.2) is 0 Å². The molecule has 0 saturated carbocycles. The maximum absolute atomic E-state index is 6.58. The van der Waals surface area contributed by atoms with Crippen LogP contribution in [0.15, 0.2) is 159 Å². The van der Waals surface area contributed by atoms with Gasteiger partial charge in [-0.05, 0) is 104 Å². The van der Waals surface area contributed by atoms with Crippen molar-refractivity contribution in [3.05, 3.63) is 156 Å². The Morgan fingerprint density at radius 3 is 2.22 bits per heavy atom. The lowest BCUT2D eigenvalue weighted by atomic mass is 9.76. The number of hydrogen-bond donors (Lipinski definition) is 0. The van der Waals surface area contributed by atoms with Crippen LogP contribution in [0, 0.1) is 0 Å². The van der Waals surface area contributed by atoms with Crippen LogP contribution in [-0.4, -0.2) is 18.3 Å². The first-order valence-electron chi connectivity index (χ1n) is 16.9. The Hall–Kier alpha value is -4.75. The van der Waals surface area contributed by atoms with Crippen molar-refractivity contribution < 1.29 is 13.7 Å². The van der Waals surface area contributed by atoms with Gasteiger partial charge in [0.1, 0.15) is 11.2 Å². The number of hydrogen-bond acceptors (Lipinski definition) is 5. The Morgan fingerprint density at radius 1 is 0.673 bits per heavy atom. The molecule has 49 heavy (non-hydrogen) atoms. The van der Waals surface area contributed by atoms with E-state index >= 15 is 0 Å². The summed E-state index contributed by atoms with van der Waals surface area (Å²) in [6, 6.07) is 40.9. The number of rotatable bonds is 4. The summed E-state index contributed by atoms with van der Waals surface area (Å²) in [4.78, 5) is 4.82. The number of para-hydroxylation sites is 3. The fraction of sp³-hybridized carbons (Fsp3) is 0.163. The van der Waals surface area contributed by atoms with E-state index in [1.54, 1.807) is 0 Å². The molecule has 0 amide bonds. The minimum atomic E-state index is -0.476. The van der Waals surface area contributed by atoms with Crippen LogP contribution < -0.4 is 4.90 Å². The Bertz CT molecular complexity index is 2340. The Balaban J connectivity index is 1.17. The number of benzene rings is 5. The highest BCUT2D eigenvalue weighted by Crippen LogP contribution is 2.52. The highest BCUT2D eigenvalue weighted by molar-refractivity contribution is 7.99. The molecule has 1 fully saturated rings. The molecule has 1 saturated heterocycles. The molecule has 240 valence electrons. The van der Waals surface area contributed by atoms with E-state index in [-0.39, 0.29) is 5.92 Å². The number of anilines is 3. The third-order valence-electron chi connectivity index (χ3n) is 10.4. The molecule has 1 aromatic heterocycles. The molecule has 0 spiro atoms. The minimum absolute atomic E-state index is 0.0227. The molecule has 4 nitrogen and oxygen atoms in total. The van der Waals surface area contributed by atoms with E-state index < -0.39 is 18.3 Å². The van der Waals surface area contributed by atoms with Crippen molar-refractivity contribution in [2.75, 3.05) is 4.90 Å². The standard InChI is InChI=1S/C43H36BNO3S/c1-42(2)43(3,4)48-44(47-42)32-21-18-28(29-20-23-39-35(26-29)34-14-8-10-16-38(34)46-39)24-31(25-32)30-19-22-37-41(27-30)49-40-17-11-9-15-36(40)45(37)33-12-6-5-7-13-33/h5-28H,1-4H3. The van der Waals surface area contributed by atoms with Gasteiger partial charge in [-0.1, -0.05) is 96.7 Å². The molecule has 1 atom stereocenters. The molecular formula is C43H36BNO3S. The van der Waals surface area contributed by atoms with Gasteiger partial charge < -0.3 is 18.6 Å². The molecule has 2 aliphatic heterocycles. The largest absolute Gasteiger partial charge is 0.494 e. The van der Waals surface area contributed by atoms with Crippen molar-refractivity contribution in [2.24, 2.45) is 0 Å². The summed E-state index contributed by atoms with van der Waals surface area (Å²) in [6.45, 7) is 8.42. The summed E-state index contributed by atoms with van der Waals surface area (Å²) in [6.07, 6.45) is 9.08. The summed E-state index contributed by atoms with van der Waals surface area (Å²) in [7, 11) is -0.476. The fourth-order valence-electron chi connectivity index (χ4n) is 7.00. The van der Waals surface area contributed by atoms with Gasteiger partial charge in [-0.3, -0.25) is 0 Å². The van der Waals surface area contributed by atoms with Crippen molar-refractivity contribution in [3.63, 3.8) is 0 Å². The third kappa shape index (κ3) is 5.18. The second kappa shape index (κ2) is 11.4. The topological polar surface area (TPSA) is 34.8 Å². The number of allylic oxidation sites excluding steroid dienone is 6. The van der Waals surface area contributed by atoms with Crippen LogP contribution in [0.25, 0.3) is 27.5 Å². The van der Waals surface area contributed by atoms with Gasteiger partial charge in [-0.15, -0.1) is 0 Å². The van der Waals surface area contributed by atoms with Crippen molar-refractivity contribution in [1.82, 2.24) is 0 Å².